The van der Waals surface area contributed by atoms with Crippen LogP contribution in [0.3, 0.4) is 0 Å². The molecule has 0 radical (unpaired) electrons. The van der Waals surface area contributed by atoms with Crippen LogP contribution in [0.5, 0.6) is 0 Å². The minimum absolute atomic E-state index is 0.0278. The number of anilines is 1. The molecule has 1 aromatic carbocycles. The van der Waals surface area contributed by atoms with Crippen molar-refractivity contribution in [3.8, 4) is 0 Å². The maximum absolute atomic E-state index is 12.5. The molecule has 136 valence electrons. The zero-order valence-electron chi connectivity index (χ0n) is 15.1. The van der Waals surface area contributed by atoms with Gasteiger partial charge in [-0.2, -0.15) is 0 Å². The number of hydrogen-bond donors (Lipinski definition) is 1. The first kappa shape index (κ1) is 18.3. The van der Waals surface area contributed by atoms with Gasteiger partial charge in [0.2, 0.25) is 0 Å². The van der Waals surface area contributed by atoms with Crippen molar-refractivity contribution in [2.45, 2.75) is 39.0 Å². The second-order valence-electron chi connectivity index (χ2n) is 7.03. The maximum Gasteiger partial charge on any atom is 0.321 e. The summed E-state index contributed by atoms with van der Waals surface area (Å²) in [6.07, 6.45) is 8.86. The van der Waals surface area contributed by atoms with E-state index < -0.39 is 0 Å². The number of amides is 2. The molecule has 0 unspecified atom stereocenters. The highest BCUT2D eigenvalue weighted by Crippen LogP contribution is 2.23. The minimum atomic E-state index is -0.0278. The molecule has 2 amide bonds. The standard InChI is InChI=1S/C20H28ClN3O/c1-16-18(21)8-5-9-19(16)22-20(25)24-14-12-23(13-15-24)11-10-17-6-3-2-4-7-17/h5-6,8-9H,2-4,7,10-15H2,1H3,(H,22,25). The summed E-state index contributed by atoms with van der Waals surface area (Å²) in [4.78, 5) is 16.9. The highest BCUT2D eigenvalue weighted by atomic mass is 35.5. The van der Waals surface area contributed by atoms with Gasteiger partial charge in [-0.25, -0.2) is 4.79 Å². The molecule has 0 aromatic heterocycles. The van der Waals surface area contributed by atoms with Crippen molar-refractivity contribution in [1.29, 1.82) is 0 Å². The van der Waals surface area contributed by atoms with Crippen LogP contribution >= 0.6 is 11.6 Å². The van der Waals surface area contributed by atoms with Gasteiger partial charge in [0.05, 0.1) is 0 Å². The highest BCUT2D eigenvalue weighted by molar-refractivity contribution is 6.31. The zero-order valence-corrected chi connectivity index (χ0v) is 15.8. The molecule has 1 N–H and O–H groups in total. The molecule has 0 atom stereocenters. The molecule has 0 saturated carbocycles. The van der Waals surface area contributed by atoms with Crippen molar-refractivity contribution in [3.63, 3.8) is 0 Å². The molecule has 0 bridgehead atoms. The molecule has 5 heteroatoms. The van der Waals surface area contributed by atoms with Gasteiger partial charge in [0.1, 0.15) is 0 Å². The fourth-order valence-electron chi connectivity index (χ4n) is 3.55. The van der Waals surface area contributed by atoms with Crippen molar-refractivity contribution in [1.82, 2.24) is 9.80 Å². The Kier molecular flexibility index (Phi) is 6.38. The van der Waals surface area contributed by atoms with Crippen molar-refractivity contribution in [2.24, 2.45) is 0 Å². The Labute approximate surface area is 155 Å². The topological polar surface area (TPSA) is 35.6 Å². The molecule has 0 spiro atoms. The molecule has 1 aromatic rings. The summed E-state index contributed by atoms with van der Waals surface area (Å²) < 4.78 is 0. The Morgan fingerprint density at radius 1 is 1.20 bits per heavy atom. The van der Waals surface area contributed by atoms with Crippen LogP contribution < -0.4 is 5.32 Å². The number of rotatable bonds is 4. The van der Waals surface area contributed by atoms with E-state index in [0.29, 0.717) is 5.02 Å². The van der Waals surface area contributed by atoms with E-state index in [1.54, 1.807) is 5.57 Å². The SMILES string of the molecule is Cc1c(Cl)cccc1NC(=O)N1CCN(CCC2=CCCCC2)CC1. The predicted octanol–water partition coefficient (Wildman–Crippen LogP) is 4.69. The average Bonchev–Trinajstić information content (AvgIpc) is 2.65. The fraction of sp³-hybridized carbons (Fsp3) is 0.550. The second kappa shape index (κ2) is 8.72. The Morgan fingerprint density at radius 2 is 2.00 bits per heavy atom. The Hall–Kier alpha value is -1.52. The van der Waals surface area contributed by atoms with E-state index in [0.717, 1.165) is 44.0 Å². The van der Waals surface area contributed by atoms with Gasteiger partial charge in [-0.1, -0.05) is 29.3 Å². The first-order valence-corrected chi connectivity index (χ1v) is 9.72. The van der Waals surface area contributed by atoms with Crippen LogP contribution in [0.4, 0.5) is 10.5 Å². The number of allylic oxidation sites excluding steroid dienone is 1. The number of nitrogens with zero attached hydrogens (tertiary/aromatic N) is 2. The van der Waals surface area contributed by atoms with Crippen LogP contribution in [0, 0.1) is 6.92 Å². The lowest BCUT2D eigenvalue weighted by molar-refractivity contribution is 0.148. The van der Waals surface area contributed by atoms with E-state index >= 15 is 0 Å². The van der Waals surface area contributed by atoms with Crippen molar-refractivity contribution >= 4 is 23.3 Å². The second-order valence-corrected chi connectivity index (χ2v) is 7.44. The van der Waals surface area contributed by atoms with E-state index in [2.05, 4.69) is 16.3 Å². The van der Waals surface area contributed by atoms with E-state index in [4.69, 9.17) is 11.6 Å². The summed E-state index contributed by atoms with van der Waals surface area (Å²) in [5.41, 5.74) is 3.34. The third-order valence-corrected chi connectivity index (χ3v) is 5.71. The van der Waals surface area contributed by atoms with Gasteiger partial charge in [0.25, 0.3) is 0 Å². The smallest absolute Gasteiger partial charge is 0.321 e. The number of carbonyl (C=O) groups is 1. The Morgan fingerprint density at radius 3 is 2.72 bits per heavy atom. The summed E-state index contributed by atoms with van der Waals surface area (Å²) >= 11 is 6.12. The van der Waals surface area contributed by atoms with Crippen LogP contribution in [0.2, 0.25) is 5.02 Å². The molecule has 1 aliphatic carbocycles. The summed E-state index contributed by atoms with van der Waals surface area (Å²) in [5.74, 6) is 0. The van der Waals surface area contributed by atoms with E-state index in [1.807, 2.05) is 30.0 Å². The van der Waals surface area contributed by atoms with Crippen LogP contribution in [0.25, 0.3) is 0 Å². The van der Waals surface area contributed by atoms with Gasteiger partial charge in [-0.15, -0.1) is 0 Å². The molecule has 1 saturated heterocycles. The summed E-state index contributed by atoms with van der Waals surface area (Å²) in [6, 6.07) is 5.57. The number of benzene rings is 1. The third-order valence-electron chi connectivity index (χ3n) is 5.30. The normalized spacial score (nSPS) is 18.8. The molecule has 1 aliphatic heterocycles. The fourth-order valence-corrected chi connectivity index (χ4v) is 3.72. The van der Waals surface area contributed by atoms with Gasteiger partial charge in [-0.05, 0) is 56.7 Å². The van der Waals surface area contributed by atoms with Crippen molar-refractivity contribution < 1.29 is 4.79 Å². The predicted molar refractivity (Wildman–Crippen MR) is 104 cm³/mol. The number of hydrogen-bond acceptors (Lipinski definition) is 2. The zero-order chi connectivity index (χ0) is 17.6. The van der Waals surface area contributed by atoms with Gasteiger partial charge in [0, 0.05) is 43.4 Å². The van der Waals surface area contributed by atoms with Crippen molar-refractivity contribution in [3.05, 3.63) is 40.4 Å². The first-order chi connectivity index (χ1) is 12.1. The first-order valence-electron chi connectivity index (χ1n) is 9.35. The number of nitrogens with one attached hydrogen (secondary N) is 1. The molecule has 3 rings (SSSR count). The summed E-state index contributed by atoms with van der Waals surface area (Å²) in [6.45, 7) is 6.52. The molecular weight excluding hydrogens is 334 g/mol. The number of carbonyl (C=O) groups excluding carboxylic acids is 1. The molecule has 1 fully saturated rings. The average molecular weight is 362 g/mol. The van der Waals surface area contributed by atoms with Gasteiger partial charge < -0.3 is 10.2 Å². The summed E-state index contributed by atoms with van der Waals surface area (Å²) in [5, 5.41) is 3.67. The quantitative estimate of drug-likeness (QED) is 0.790. The minimum Gasteiger partial charge on any atom is -0.322 e. The lowest BCUT2D eigenvalue weighted by Gasteiger charge is -2.35. The molecule has 1 heterocycles. The maximum atomic E-state index is 12.5. The van der Waals surface area contributed by atoms with Crippen LogP contribution in [0.15, 0.2) is 29.8 Å². The third kappa shape index (κ3) is 4.99. The lowest BCUT2D eigenvalue weighted by atomic mass is 9.97. The monoisotopic (exact) mass is 361 g/mol. The van der Waals surface area contributed by atoms with E-state index in [1.165, 1.54) is 32.1 Å². The molecule has 25 heavy (non-hydrogen) atoms. The van der Waals surface area contributed by atoms with Crippen LogP contribution in [0.1, 0.15) is 37.7 Å². The number of halogens is 1. The molecule has 2 aliphatic rings. The van der Waals surface area contributed by atoms with Crippen LogP contribution in [-0.2, 0) is 0 Å². The Balaban J connectivity index is 1.44. The van der Waals surface area contributed by atoms with Crippen LogP contribution in [-0.4, -0.2) is 48.6 Å². The lowest BCUT2D eigenvalue weighted by Crippen LogP contribution is -2.50. The van der Waals surface area contributed by atoms with E-state index in [-0.39, 0.29) is 6.03 Å². The van der Waals surface area contributed by atoms with Crippen molar-refractivity contribution in [2.75, 3.05) is 38.0 Å². The van der Waals surface area contributed by atoms with Gasteiger partial charge in [0.15, 0.2) is 0 Å². The summed E-state index contributed by atoms with van der Waals surface area (Å²) in [7, 11) is 0. The molecular formula is C20H28ClN3O. The largest absolute Gasteiger partial charge is 0.322 e. The van der Waals surface area contributed by atoms with Gasteiger partial charge in [-0.3, -0.25) is 4.90 Å². The number of piperazine rings is 1. The van der Waals surface area contributed by atoms with E-state index in [9.17, 15) is 4.79 Å². The number of urea groups is 1. The molecule has 4 nitrogen and oxygen atoms in total. The van der Waals surface area contributed by atoms with Gasteiger partial charge >= 0.3 is 6.03 Å². The highest BCUT2D eigenvalue weighted by Gasteiger charge is 2.21. The Bertz CT molecular complexity index is 636.